The molecule has 0 aromatic heterocycles. The lowest BCUT2D eigenvalue weighted by Crippen LogP contribution is -2.53. The molecule has 0 spiro atoms. The van der Waals surface area contributed by atoms with Gasteiger partial charge in [-0.05, 0) is 0 Å². The molecule has 0 heterocycles. The van der Waals surface area contributed by atoms with Crippen molar-refractivity contribution < 1.29 is 47.7 Å². The molecule has 0 bridgehead atoms. The van der Waals surface area contributed by atoms with Crippen molar-refractivity contribution in [2.75, 3.05) is 11.9 Å². The molecule has 0 amide bonds. The maximum absolute atomic E-state index is 11.6. The van der Waals surface area contributed by atoms with Crippen molar-refractivity contribution in [3.63, 3.8) is 0 Å². The van der Waals surface area contributed by atoms with Gasteiger partial charge in [-0.1, -0.05) is 15.9 Å². The van der Waals surface area contributed by atoms with E-state index in [1.54, 1.807) is 0 Å². The normalized spacial score (nSPS) is 14.7. The molecule has 0 unspecified atom stereocenters. The molecule has 0 aliphatic rings. The molecule has 154 valence electrons. The van der Waals surface area contributed by atoms with Gasteiger partial charge in [-0.15, -0.1) is 0 Å². The van der Waals surface area contributed by atoms with Crippen LogP contribution in [0.4, 0.5) is 0 Å². The Morgan fingerprint density at radius 3 is 1.33 bits per heavy atom. The molecule has 0 fully saturated rings. The average molecular weight is 455 g/mol. The number of rotatable bonds is 10. The number of ether oxygens (including phenoxy) is 5. The second-order valence-corrected chi connectivity index (χ2v) is 6.05. The molecule has 4 atom stereocenters. The lowest BCUT2D eigenvalue weighted by atomic mass is 10.0. The zero-order valence-corrected chi connectivity index (χ0v) is 17.3. The minimum absolute atomic E-state index is 0.0165. The van der Waals surface area contributed by atoms with E-state index in [0.29, 0.717) is 0 Å². The molecule has 0 radical (unpaired) electrons. The van der Waals surface area contributed by atoms with Gasteiger partial charge in [0.1, 0.15) is 6.61 Å². The van der Waals surface area contributed by atoms with Crippen LogP contribution in [0.3, 0.4) is 0 Å². The SMILES string of the molecule is CC(=O)OC[C@H](OC(C)=O)[C@@H](OC(C)=O)[C@H](OC(C)=O)[C@@H](CBr)OC(C)=O. The van der Waals surface area contributed by atoms with Crippen LogP contribution in [-0.4, -0.2) is 66.2 Å². The van der Waals surface area contributed by atoms with Crippen molar-refractivity contribution in [1.82, 2.24) is 0 Å². The number of hydrogen-bond donors (Lipinski definition) is 0. The highest BCUT2D eigenvalue weighted by atomic mass is 79.9. The van der Waals surface area contributed by atoms with Gasteiger partial charge in [0.25, 0.3) is 0 Å². The molecule has 11 heteroatoms. The zero-order chi connectivity index (χ0) is 21.1. The summed E-state index contributed by atoms with van der Waals surface area (Å²) in [7, 11) is 0. The monoisotopic (exact) mass is 454 g/mol. The first-order chi connectivity index (χ1) is 12.5. The maximum atomic E-state index is 11.6. The van der Waals surface area contributed by atoms with E-state index in [1.807, 2.05) is 0 Å². The number of alkyl halides is 1. The minimum Gasteiger partial charge on any atom is -0.462 e. The van der Waals surface area contributed by atoms with Crippen LogP contribution in [0.25, 0.3) is 0 Å². The fourth-order valence-electron chi connectivity index (χ4n) is 2.10. The lowest BCUT2D eigenvalue weighted by molar-refractivity contribution is -0.200. The second-order valence-electron chi connectivity index (χ2n) is 5.40. The van der Waals surface area contributed by atoms with E-state index in [1.165, 1.54) is 0 Å². The number of carbonyl (C=O) groups is 5. The zero-order valence-electron chi connectivity index (χ0n) is 15.7. The molecule has 10 nitrogen and oxygen atoms in total. The molecular weight excluding hydrogens is 432 g/mol. The van der Waals surface area contributed by atoms with E-state index in [0.717, 1.165) is 34.6 Å². The van der Waals surface area contributed by atoms with Gasteiger partial charge in [0.15, 0.2) is 24.4 Å². The van der Waals surface area contributed by atoms with Crippen LogP contribution in [0.2, 0.25) is 0 Å². The van der Waals surface area contributed by atoms with E-state index in [2.05, 4.69) is 15.9 Å². The summed E-state index contributed by atoms with van der Waals surface area (Å²) in [6, 6.07) is 0. The molecule has 0 aromatic carbocycles. The van der Waals surface area contributed by atoms with Gasteiger partial charge in [0.05, 0.1) is 0 Å². The van der Waals surface area contributed by atoms with Crippen LogP contribution >= 0.6 is 15.9 Å². The third-order valence-corrected chi connectivity index (χ3v) is 3.54. The summed E-state index contributed by atoms with van der Waals surface area (Å²) in [5.41, 5.74) is 0. The standard InChI is InChI=1S/C16H23BrO10/c1-8(18)23-7-14(25-10(3)20)16(27-12(5)22)15(26-11(4)21)13(6-17)24-9(2)19/h13-16H,6-7H2,1-5H3/t13-,14+,15-,16-/m1/s1. The Kier molecular flexibility index (Phi) is 11.3. The summed E-state index contributed by atoms with van der Waals surface area (Å²) in [6.45, 7) is 5.09. The largest absolute Gasteiger partial charge is 0.462 e. The van der Waals surface area contributed by atoms with Crippen molar-refractivity contribution >= 4 is 45.8 Å². The fourth-order valence-corrected chi connectivity index (χ4v) is 2.60. The smallest absolute Gasteiger partial charge is 0.303 e. The van der Waals surface area contributed by atoms with Crippen molar-refractivity contribution in [1.29, 1.82) is 0 Å². The van der Waals surface area contributed by atoms with Crippen LogP contribution < -0.4 is 0 Å². The Labute approximate surface area is 164 Å². The average Bonchev–Trinajstić information content (AvgIpc) is 2.51. The fraction of sp³-hybridized carbons (Fsp3) is 0.688. The van der Waals surface area contributed by atoms with Gasteiger partial charge in [0, 0.05) is 39.9 Å². The number of esters is 5. The number of halogens is 1. The Bertz CT molecular complexity index is 561. The van der Waals surface area contributed by atoms with Crippen molar-refractivity contribution in [3.05, 3.63) is 0 Å². The lowest BCUT2D eigenvalue weighted by Gasteiger charge is -2.34. The van der Waals surface area contributed by atoms with E-state index in [9.17, 15) is 24.0 Å². The maximum Gasteiger partial charge on any atom is 0.303 e. The Morgan fingerprint density at radius 2 is 1.00 bits per heavy atom. The minimum atomic E-state index is -1.41. The van der Waals surface area contributed by atoms with Gasteiger partial charge in [-0.2, -0.15) is 0 Å². The summed E-state index contributed by atoms with van der Waals surface area (Å²) in [5, 5.41) is 0.0165. The van der Waals surface area contributed by atoms with Gasteiger partial charge >= 0.3 is 29.8 Å². The molecule has 0 N–H and O–H groups in total. The molecule has 0 rings (SSSR count). The van der Waals surface area contributed by atoms with E-state index >= 15 is 0 Å². The number of hydrogen-bond acceptors (Lipinski definition) is 10. The van der Waals surface area contributed by atoms with Gasteiger partial charge in [0.2, 0.25) is 0 Å². The summed E-state index contributed by atoms with van der Waals surface area (Å²) >= 11 is 3.13. The summed E-state index contributed by atoms with van der Waals surface area (Å²) in [6.07, 6.45) is -5.13. The summed E-state index contributed by atoms with van der Waals surface area (Å²) < 4.78 is 25.4. The Balaban J connectivity index is 5.96. The van der Waals surface area contributed by atoms with E-state index < -0.39 is 60.9 Å². The van der Waals surface area contributed by atoms with Crippen molar-refractivity contribution in [2.45, 2.75) is 59.0 Å². The molecular formula is C16H23BrO10. The predicted molar refractivity (Wildman–Crippen MR) is 92.6 cm³/mol. The predicted octanol–water partition coefficient (Wildman–Crippen LogP) is 0.671. The van der Waals surface area contributed by atoms with Crippen LogP contribution in [0.5, 0.6) is 0 Å². The topological polar surface area (TPSA) is 132 Å². The number of carbonyl (C=O) groups excluding carboxylic acids is 5. The third-order valence-electron chi connectivity index (χ3n) is 2.90. The molecule has 0 aliphatic carbocycles. The summed E-state index contributed by atoms with van der Waals surface area (Å²) in [4.78, 5) is 57.1. The molecule has 0 saturated heterocycles. The first kappa shape index (κ1) is 24.8. The third kappa shape index (κ3) is 10.5. The highest BCUT2D eigenvalue weighted by Crippen LogP contribution is 2.21. The van der Waals surface area contributed by atoms with Gasteiger partial charge in [-0.25, -0.2) is 0 Å². The first-order valence-electron chi connectivity index (χ1n) is 7.86. The summed E-state index contributed by atoms with van der Waals surface area (Å²) in [5.74, 6) is -3.65. The molecule has 27 heavy (non-hydrogen) atoms. The van der Waals surface area contributed by atoms with Gasteiger partial charge < -0.3 is 23.7 Å². The first-order valence-corrected chi connectivity index (χ1v) is 8.98. The van der Waals surface area contributed by atoms with E-state index in [-0.39, 0.29) is 5.33 Å². The van der Waals surface area contributed by atoms with Crippen LogP contribution in [-0.2, 0) is 47.7 Å². The molecule has 0 aromatic rings. The highest BCUT2D eigenvalue weighted by Gasteiger charge is 2.43. The Morgan fingerprint density at radius 1 is 0.630 bits per heavy atom. The molecule has 0 saturated carbocycles. The second kappa shape index (κ2) is 12.3. The molecule has 0 aliphatic heterocycles. The van der Waals surface area contributed by atoms with Crippen LogP contribution in [0, 0.1) is 0 Å². The van der Waals surface area contributed by atoms with Crippen molar-refractivity contribution in [3.8, 4) is 0 Å². The van der Waals surface area contributed by atoms with Crippen LogP contribution in [0.1, 0.15) is 34.6 Å². The quantitative estimate of drug-likeness (QED) is 0.263. The Hall–Kier alpha value is -2.17. The van der Waals surface area contributed by atoms with E-state index in [4.69, 9.17) is 23.7 Å². The highest BCUT2D eigenvalue weighted by molar-refractivity contribution is 9.09. The van der Waals surface area contributed by atoms with Crippen molar-refractivity contribution in [2.24, 2.45) is 0 Å². The van der Waals surface area contributed by atoms with Gasteiger partial charge in [-0.3, -0.25) is 24.0 Å². The van der Waals surface area contributed by atoms with Crippen LogP contribution in [0.15, 0.2) is 0 Å².